The van der Waals surface area contributed by atoms with E-state index in [-0.39, 0.29) is 13.2 Å². The number of fused-ring (bicyclic) bond motifs is 1. The van der Waals surface area contributed by atoms with Gasteiger partial charge in [-0.2, -0.15) is 0 Å². The number of hydrogen-bond acceptors (Lipinski definition) is 5. The average molecular weight is 316 g/mol. The van der Waals surface area contributed by atoms with E-state index in [4.69, 9.17) is 9.84 Å². The van der Waals surface area contributed by atoms with Crippen molar-refractivity contribution in [2.24, 2.45) is 5.92 Å². The molecule has 0 aliphatic heterocycles. The van der Waals surface area contributed by atoms with Gasteiger partial charge in [-0.3, -0.25) is 9.78 Å². The summed E-state index contributed by atoms with van der Waals surface area (Å²) in [6.45, 7) is 3.91. The Labute approximate surface area is 134 Å². The standard InChI is InChI=1S/C17H20N2O4/c1-4-23-17(22)13-9-18-14-8-6-5-7-12(14)15(13)19(3)10-11(2)16(20)21/h5-9,11H,4,10H2,1-3H3,(H,20,21). The van der Waals surface area contributed by atoms with E-state index in [9.17, 15) is 9.59 Å². The van der Waals surface area contributed by atoms with E-state index >= 15 is 0 Å². The minimum atomic E-state index is -0.882. The molecule has 0 fully saturated rings. The molecule has 1 aromatic carbocycles. The van der Waals surface area contributed by atoms with Gasteiger partial charge in [-0.05, 0) is 13.0 Å². The molecule has 0 aliphatic carbocycles. The highest BCUT2D eigenvalue weighted by molar-refractivity contribution is 6.05. The molecule has 0 amide bonds. The van der Waals surface area contributed by atoms with Gasteiger partial charge in [-0.15, -0.1) is 0 Å². The number of nitrogens with zero attached hydrogens (tertiary/aromatic N) is 2. The Morgan fingerprint density at radius 3 is 2.70 bits per heavy atom. The molecular formula is C17H20N2O4. The number of rotatable bonds is 6. The largest absolute Gasteiger partial charge is 0.481 e. The quantitative estimate of drug-likeness (QED) is 0.825. The monoisotopic (exact) mass is 316 g/mol. The van der Waals surface area contributed by atoms with Crippen LogP contribution in [0.5, 0.6) is 0 Å². The molecular weight excluding hydrogens is 296 g/mol. The molecule has 0 bridgehead atoms. The van der Waals surface area contributed by atoms with Crippen molar-refractivity contribution in [1.82, 2.24) is 4.98 Å². The normalized spacial score (nSPS) is 12.0. The molecule has 2 aromatic rings. The van der Waals surface area contributed by atoms with Gasteiger partial charge in [0.25, 0.3) is 0 Å². The number of anilines is 1. The molecule has 0 spiro atoms. The number of para-hydroxylation sites is 1. The van der Waals surface area contributed by atoms with Gasteiger partial charge in [0.1, 0.15) is 5.56 Å². The first-order valence-corrected chi connectivity index (χ1v) is 7.44. The second kappa shape index (κ2) is 7.09. The molecule has 6 nitrogen and oxygen atoms in total. The number of ether oxygens (including phenoxy) is 1. The van der Waals surface area contributed by atoms with Crippen molar-refractivity contribution >= 4 is 28.5 Å². The van der Waals surface area contributed by atoms with E-state index in [1.54, 1.807) is 25.8 Å². The first-order chi connectivity index (χ1) is 11.0. The summed E-state index contributed by atoms with van der Waals surface area (Å²) in [6.07, 6.45) is 1.48. The summed E-state index contributed by atoms with van der Waals surface area (Å²) in [6, 6.07) is 7.44. The fourth-order valence-electron chi connectivity index (χ4n) is 2.48. The number of carboxylic acids is 1. The van der Waals surface area contributed by atoms with Crippen LogP contribution in [-0.4, -0.2) is 42.2 Å². The van der Waals surface area contributed by atoms with Crippen LogP contribution in [0.15, 0.2) is 30.5 Å². The first-order valence-electron chi connectivity index (χ1n) is 7.44. The average Bonchev–Trinajstić information content (AvgIpc) is 2.53. The highest BCUT2D eigenvalue weighted by Crippen LogP contribution is 2.30. The molecule has 23 heavy (non-hydrogen) atoms. The van der Waals surface area contributed by atoms with E-state index in [1.807, 2.05) is 24.3 Å². The van der Waals surface area contributed by atoms with Crippen molar-refractivity contribution in [1.29, 1.82) is 0 Å². The van der Waals surface area contributed by atoms with E-state index in [0.29, 0.717) is 11.3 Å². The molecule has 0 saturated carbocycles. The van der Waals surface area contributed by atoms with Crippen LogP contribution in [0.3, 0.4) is 0 Å². The molecule has 0 radical (unpaired) electrons. The molecule has 0 saturated heterocycles. The van der Waals surface area contributed by atoms with Crippen LogP contribution in [0.4, 0.5) is 5.69 Å². The van der Waals surface area contributed by atoms with Crippen LogP contribution < -0.4 is 4.90 Å². The Bertz CT molecular complexity index is 730. The van der Waals surface area contributed by atoms with E-state index in [0.717, 1.165) is 10.9 Å². The van der Waals surface area contributed by atoms with Gasteiger partial charge in [-0.1, -0.05) is 25.1 Å². The van der Waals surface area contributed by atoms with Crippen LogP contribution in [0.2, 0.25) is 0 Å². The molecule has 1 unspecified atom stereocenters. The van der Waals surface area contributed by atoms with Gasteiger partial charge >= 0.3 is 11.9 Å². The third kappa shape index (κ3) is 3.59. The molecule has 122 valence electrons. The number of carboxylic acid groups (broad SMARTS) is 1. The summed E-state index contributed by atoms with van der Waals surface area (Å²) in [7, 11) is 1.77. The maximum absolute atomic E-state index is 12.2. The molecule has 6 heteroatoms. The van der Waals surface area contributed by atoms with Gasteiger partial charge in [0.2, 0.25) is 0 Å². The third-order valence-electron chi connectivity index (χ3n) is 3.59. The van der Waals surface area contributed by atoms with Gasteiger partial charge in [0.15, 0.2) is 0 Å². The SMILES string of the molecule is CCOC(=O)c1cnc2ccccc2c1N(C)CC(C)C(=O)O. The highest BCUT2D eigenvalue weighted by Gasteiger charge is 2.22. The van der Waals surface area contributed by atoms with Crippen LogP contribution in [0, 0.1) is 5.92 Å². The Morgan fingerprint density at radius 2 is 2.04 bits per heavy atom. The smallest absolute Gasteiger partial charge is 0.341 e. The van der Waals surface area contributed by atoms with Crippen LogP contribution in [-0.2, 0) is 9.53 Å². The van der Waals surface area contributed by atoms with Crippen molar-refractivity contribution in [2.45, 2.75) is 13.8 Å². The number of esters is 1. The van der Waals surface area contributed by atoms with Gasteiger partial charge in [0, 0.05) is 25.2 Å². The van der Waals surface area contributed by atoms with E-state index in [2.05, 4.69) is 4.98 Å². The second-order valence-corrected chi connectivity index (χ2v) is 5.38. The Kier molecular flexibility index (Phi) is 5.16. The molecule has 2 rings (SSSR count). The zero-order chi connectivity index (χ0) is 17.0. The van der Waals surface area contributed by atoms with E-state index in [1.165, 1.54) is 6.20 Å². The number of carbonyl (C=O) groups is 2. The summed E-state index contributed by atoms with van der Waals surface area (Å²) < 4.78 is 5.10. The fourth-order valence-corrected chi connectivity index (χ4v) is 2.48. The van der Waals surface area contributed by atoms with Crippen molar-refractivity contribution in [3.8, 4) is 0 Å². The molecule has 1 N–H and O–H groups in total. The van der Waals surface area contributed by atoms with E-state index < -0.39 is 17.9 Å². The molecule has 1 heterocycles. The Balaban J connectivity index is 2.54. The maximum atomic E-state index is 12.2. The first kappa shape index (κ1) is 16.7. The minimum Gasteiger partial charge on any atom is -0.481 e. The minimum absolute atomic E-state index is 0.264. The number of pyridine rings is 1. The lowest BCUT2D eigenvalue weighted by Crippen LogP contribution is -2.30. The van der Waals surface area contributed by atoms with Gasteiger partial charge < -0.3 is 14.7 Å². The van der Waals surface area contributed by atoms with Crippen LogP contribution in [0.1, 0.15) is 24.2 Å². The summed E-state index contributed by atoms with van der Waals surface area (Å²) >= 11 is 0. The predicted molar refractivity (Wildman–Crippen MR) is 87.8 cm³/mol. The number of hydrogen-bond donors (Lipinski definition) is 1. The highest BCUT2D eigenvalue weighted by atomic mass is 16.5. The lowest BCUT2D eigenvalue weighted by molar-refractivity contribution is -0.140. The van der Waals surface area contributed by atoms with Gasteiger partial charge in [0.05, 0.1) is 23.7 Å². The molecule has 0 aliphatic rings. The molecule has 1 aromatic heterocycles. The Hall–Kier alpha value is -2.63. The summed E-state index contributed by atoms with van der Waals surface area (Å²) in [5.41, 5.74) is 1.72. The van der Waals surface area contributed by atoms with Crippen molar-refractivity contribution in [3.05, 3.63) is 36.0 Å². The summed E-state index contributed by atoms with van der Waals surface area (Å²) in [5, 5.41) is 9.91. The Morgan fingerprint density at radius 1 is 1.35 bits per heavy atom. The molecule has 1 atom stereocenters. The van der Waals surface area contributed by atoms with Crippen molar-refractivity contribution < 1.29 is 19.4 Å². The lowest BCUT2D eigenvalue weighted by Gasteiger charge is -2.25. The number of aliphatic carboxylic acids is 1. The second-order valence-electron chi connectivity index (χ2n) is 5.38. The van der Waals surface area contributed by atoms with Crippen LogP contribution in [0.25, 0.3) is 10.9 Å². The summed E-state index contributed by atoms with van der Waals surface area (Å²) in [4.78, 5) is 29.4. The number of aromatic nitrogens is 1. The van der Waals surface area contributed by atoms with Gasteiger partial charge in [-0.25, -0.2) is 4.79 Å². The third-order valence-corrected chi connectivity index (χ3v) is 3.59. The zero-order valence-electron chi connectivity index (χ0n) is 13.4. The number of benzene rings is 1. The van der Waals surface area contributed by atoms with Crippen molar-refractivity contribution in [3.63, 3.8) is 0 Å². The maximum Gasteiger partial charge on any atom is 0.341 e. The van der Waals surface area contributed by atoms with Crippen LogP contribution >= 0.6 is 0 Å². The summed E-state index contributed by atoms with van der Waals surface area (Å²) in [5.74, 6) is -1.91. The van der Waals surface area contributed by atoms with Crippen molar-refractivity contribution in [2.75, 3.05) is 25.1 Å². The predicted octanol–water partition coefficient (Wildman–Crippen LogP) is 2.57. The lowest BCUT2D eigenvalue weighted by atomic mass is 10.1. The topological polar surface area (TPSA) is 79.7 Å². The fraction of sp³-hybridized carbons (Fsp3) is 0.353. The zero-order valence-corrected chi connectivity index (χ0v) is 13.4. The number of carbonyl (C=O) groups excluding carboxylic acids is 1.